The van der Waals surface area contributed by atoms with Crippen molar-refractivity contribution >= 4 is 49.9 Å². The SMILES string of the molecule is O=C1Nc2ccc(Br)cc2/C1=C/c1cccc2cnccc12. The largest absolute Gasteiger partial charge is 0.321 e. The molecule has 0 bridgehead atoms. The van der Waals surface area contributed by atoms with Crippen LogP contribution in [0.1, 0.15) is 11.1 Å². The van der Waals surface area contributed by atoms with E-state index >= 15 is 0 Å². The first-order valence-electron chi connectivity index (χ1n) is 6.88. The van der Waals surface area contributed by atoms with Crippen molar-refractivity contribution in [1.82, 2.24) is 4.98 Å². The molecule has 1 aliphatic rings. The molecule has 4 heteroatoms. The number of fused-ring (bicyclic) bond motifs is 2. The van der Waals surface area contributed by atoms with Gasteiger partial charge in [-0.3, -0.25) is 9.78 Å². The number of rotatable bonds is 1. The normalized spacial score (nSPS) is 15.1. The zero-order chi connectivity index (χ0) is 15.1. The molecule has 0 saturated heterocycles. The standard InChI is InChI=1S/C18H11BrN2O/c19-13-4-5-17-15(9-13)16(18(22)21-17)8-11-2-1-3-12-10-20-7-6-14(11)12/h1-10H,(H,21,22)/b16-8-. The molecule has 2 heterocycles. The van der Waals surface area contributed by atoms with Gasteiger partial charge in [-0.15, -0.1) is 0 Å². The minimum absolute atomic E-state index is 0.0702. The molecule has 1 aliphatic heterocycles. The Labute approximate surface area is 135 Å². The molecule has 1 amide bonds. The summed E-state index contributed by atoms with van der Waals surface area (Å²) < 4.78 is 0.954. The predicted octanol–water partition coefficient (Wildman–Crippen LogP) is 4.49. The Bertz CT molecular complexity index is 941. The summed E-state index contributed by atoms with van der Waals surface area (Å²) in [6.45, 7) is 0. The number of hydrogen-bond acceptors (Lipinski definition) is 2. The summed E-state index contributed by atoms with van der Waals surface area (Å²) in [7, 11) is 0. The predicted molar refractivity (Wildman–Crippen MR) is 92.4 cm³/mol. The Balaban J connectivity index is 1.93. The zero-order valence-corrected chi connectivity index (χ0v) is 13.1. The second kappa shape index (κ2) is 5.07. The van der Waals surface area contributed by atoms with E-state index in [1.165, 1.54) is 0 Å². The van der Waals surface area contributed by atoms with Crippen molar-refractivity contribution < 1.29 is 4.79 Å². The number of halogens is 1. The average Bonchev–Trinajstić information content (AvgIpc) is 2.83. The van der Waals surface area contributed by atoms with Crippen molar-refractivity contribution in [2.75, 3.05) is 5.32 Å². The highest BCUT2D eigenvalue weighted by atomic mass is 79.9. The van der Waals surface area contributed by atoms with E-state index in [9.17, 15) is 4.79 Å². The lowest BCUT2D eigenvalue weighted by Gasteiger charge is -2.03. The highest BCUT2D eigenvalue weighted by Crippen LogP contribution is 2.35. The molecule has 1 N–H and O–H groups in total. The van der Waals surface area contributed by atoms with Crippen LogP contribution >= 0.6 is 15.9 Å². The maximum Gasteiger partial charge on any atom is 0.256 e. The third kappa shape index (κ3) is 2.12. The molecular weight excluding hydrogens is 340 g/mol. The first-order valence-corrected chi connectivity index (χ1v) is 7.67. The van der Waals surface area contributed by atoms with Crippen LogP contribution in [0.15, 0.2) is 59.3 Å². The molecule has 0 fully saturated rings. The molecule has 0 atom stereocenters. The van der Waals surface area contributed by atoms with Crippen molar-refractivity contribution in [2.24, 2.45) is 0 Å². The van der Waals surface area contributed by atoms with Gasteiger partial charge in [-0.2, -0.15) is 0 Å². The number of carbonyl (C=O) groups excluding carboxylic acids is 1. The van der Waals surface area contributed by atoms with Gasteiger partial charge < -0.3 is 5.32 Å². The summed E-state index contributed by atoms with van der Waals surface area (Å²) in [5.41, 5.74) is 3.46. The third-order valence-corrected chi connectivity index (χ3v) is 4.27. The number of amides is 1. The molecule has 106 valence electrons. The van der Waals surface area contributed by atoms with Crippen molar-refractivity contribution in [3.63, 3.8) is 0 Å². The number of hydrogen-bond donors (Lipinski definition) is 1. The quantitative estimate of drug-likeness (QED) is 0.657. The zero-order valence-electron chi connectivity index (χ0n) is 11.5. The Morgan fingerprint density at radius 1 is 1.14 bits per heavy atom. The van der Waals surface area contributed by atoms with Crippen LogP contribution in [0.5, 0.6) is 0 Å². The number of carbonyl (C=O) groups is 1. The monoisotopic (exact) mass is 350 g/mol. The Hall–Kier alpha value is -2.46. The average molecular weight is 351 g/mol. The van der Waals surface area contributed by atoms with Gasteiger partial charge in [-0.1, -0.05) is 34.1 Å². The second-order valence-electron chi connectivity index (χ2n) is 5.15. The lowest BCUT2D eigenvalue weighted by atomic mass is 10.0. The van der Waals surface area contributed by atoms with Crippen molar-refractivity contribution in [1.29, 1.82) is 0 Å². The number of benzene rings is 2. The van der Waals surface area contributed by atoms with Gasteiger partial charge >= 0.3 is 0 Å². The molecule has 2 aromatic carbocycles. The molecule has 3 nitrogen and oxygen atoms in total. The van der Waals surface area contributed by atoms with E-state index in [-0.39, 0.29) is 5.91 Å². The molecule has 1 aromatic heterocycles. The van der Waals surface area contributed by atoms with Gasteiger partial charge in [-0.25, -0.2) is 0 Å². The van der Waals surface area contributed by atoms with E-state index in [2.05, 4.69) is 26.2 Å². The molecule has 0 unspecified atom stereocenters. The third-order valence-electron chi connectivity index (χ3n) is 3.78. The summed E-state index contributed by atoms with van der Waals surface area (Å²) in [6.07, 6.45) is 5.54. The Morgan fingerprint density at radius 3 is 2.95 bits per heavy atom. The molecule has 0 saturated carbocycles. The van der Waals surface area contributed by atoms with Crippen molar-refractivity contribution in [3.05, 3.63) is 70.5 Å². The van der Waals surface area contributed by atoms with Crippen molar-refractivity contribution in [2.45, 2.75) is 0 Å². The van der Waals surface area contributed by atoms with Crippen LogP contribution in [0.2, 0.25) is 0 Å². The number of anilines is 1. The van der Waals surface area contributed by atoms with Gasteiger partial charge in [0.1, 0.15) is 0 Å². The molecule has 3 aromatic rings. The van der Waals surface area contributed by atoms with Crippen LogP contribution in [0.3, 0.4) is 0 Å². The van der Waals surface area contributed by atoms with Crippen LogP contribution in [0, 0.1) is 0 Å². The fourth-order valence-corrected chi connectivity index (χ4v) is 3.09. The molecule has 22 heavy (non-hydrogen) atoms. The van der Waals surface area contributed by atoms with Gasteiger partial charge in [0.05, 0.1) is 0 Å². The molecule has 4 rings (SSSR count). The molecule has 0 radical (unpaired) electrons. The van der Waals surface area contributed by atoms with Crippen LogP contribution in [-0.2, 0) is 4.79 Å². The maximum atomic E-state index is 12.3. The summed E-state index contributed by atoms with van der Waals surface area (Å²) >= 11 is 3.46. The molecular formula is C18H11BrN2O. The minimum Gasteiger partial charge on any atom is -0.321 e. The van der Waals surface area contributed by atoms with E-state index in [4.69, 9.17) is 0 Å². The fourth-order valence-electron chi connectivity index (χ4n) is 2.73. The number of nitrogens with one attached hydrogen (secondary N) is 1. The summed E-state index contributed by atoms with van der Waals surface area (Å²) in [6, 6.07) is 13.8. The van der Waals surface area contributed by atoms with Crippen molar-refractivity contribution in [3.8, 4) is 0 Å². The minimum atomic E-state index is -0.0702. The number of aromatic nitrogens is 1. The van der Waals surface area contributed by atoms with E-state index in [0.29, 0.717) is 5.57 Å². The van der Waals surface area contributed by atoms with E-state index in [1.807, 2.05) is 54.7 Å². The topological polar surface area (TPSA) is 42.0 Å². The maximum absolute atomic E-state index is 12.3. The summed E-state index contributed by atoms with van der Waals surface area (Å²) in [5.74, 6) is -0.0702. The van der Waals surface area contributed by atoms with Crippen LogP contribution < -0.4 is 5.32 Å². The highest BCUT2D eigenvalue weighted by molar-refractivity contribution is 9.10. The lowest BCUT2D eigenvalue weighted by molar-refractivity contribution is -0.110. The fraction of sp³-hybridized carbons (Fsp3) is 0. The Kier molecular flexibility index (Phi) is 3.05. The first-order chi connectivity index (χ1) is 10.7. The van der Waals surface area contributed by atoms with Crippen LogP contribution in [0.4, 0.5) is 5.69 Å². The van der Waals surface area contributed by atoms with Crippen LogP contribution in [0.25, 0.3) is 22.4 Å². The number of pyridine rings is 1. The molecule has 0 spiro atoms. The second-order valence-corrected chi connectivity index (χ2v) is 6.06. The Morgan fingerprint density at radius 2 is 2.05 bits per heavy atom. The van der Waals surface area contributed by atoms with Crippen LogP contribution in [-0.4, -0.2) is 10.9 Å². The van der Waals surface area contributed by atoms with Gasteiger partial charge in [0.25, 0.3) is 5.91 Å². The number of nitrogens with zero attached hydrogens (tertiary/aromatic N) is 1. The highest BCUT2D eigenvalue weighted by Gasteiger charge is 2.24. The van der Waals surface area contributed by atoms with Gasteiger partial charge in [0.15, 0.2) is 0 Å². The molecule has 0 aliphatic carbocycles. The van der Waals surface area contributed by atoms with E-state index < -0.39 is 0 Å². The smallest absolute Gasteiger partial charge is 0.256 e. The first kappa shape index (κ1) is 13.2. The van der Waals surface area contributed by atoms with E-state index in [0.717, 1.165) is 32.1 Å². The lowest BCUT2D eigenvalue weighted by Crippen LogP contribution is -2.03. The van der Waals surface area contributed by atoms with E-state index in [1.54, 1.807) is 6.20 Å². The van der Waals surface area contributed by atoms with Gasteiger partial charge in [0.2, 0.25) is 0 Å². The van der Waals surface area contributed by atoms with Gasteiger partial charge in [-0.05, 0) is 41.3 Å². The van der Waals surface area contributed by atoms with Gasteiger partial charge in [0, 0.05) is 39.1 Å². The summed E-state index contributed by atoms with van der Waals surface area (Å²) in [5, 5.41) is 5.05. The summed E-state index contributed by atoms with van der Waals surface area (Å²) in [4.78, 5) is 16.4.